The third kappa shape index (κ3) is 2.87. The number of aliphatic imine (C=N–C) groups is 1. The van der Waals surface area contributed by atoms with Crippen LogP contribution in [0.25, 0.3) is 0 Å². The Morgan fingerprint density at radius 2 is 1.88 bits per heavy atom. The first-order chi connectivity index (χ1) is 7.97. The zero-order chi connectivity index (χ0) is 12.5. The van der Waals surface area contributed by atoms with Crippen LogP contribution in [0.5, 0.6) is 0 Å². The van der Waals surface area contributed by atoms with Crippen LogP contribution in [0, 0.1) is 6.92 Å². The van der Waals surface area contributed by atoms with Gasteiger partial charge in [-0.25, -0.2) is 0 Å². The van der Waals surface area contributed by atoms with Crippen LogP contribution in [-0.2, 0) is 0 Å². The van der Waals surface area contributed by atoms with Crippen molar-refractivity contribution in [1.29, 1.82) is 0 Å². The average molecular weight is 233 g/mol. The number of hydrogen-bond acceptors (Lipinski definition) is 1. The number of benzene rings is 1. The molecule has 1 aromatic carbocycles. The molecule has 1 aromatic rings. The van der Waals surface area contributed by atoms with Crippen LogP contribution in [0.1, 0.15) is 18.1 Å². The van der Waals surface area contributed by atoms with E-state index in [0.717, 1.165) is 18.2 Å². The third-order valence-electron chi connectivity index (χ3n) is 2.93. The minimum absolute atomic E-state index is 0.104. The summed E-state index contributed by atoms with van der Waals surface area (Å²) in [6.07, 6.45) is 0.488. The summed E-state index contributed by atoms with van der Waals surface area (Å²) in [5.41, 5.74) is 3.21. The summed E-state index contributed by atoms with van der Waals surface area (Å²) in [5, 5.41) is 0. The maximum atomic E-state index is 13.1. The van der Waals surface area contributed by atoms with Gasteiger partial charge in [0.2, 0.25) is 0 Å². The molecule has 4 heteroatoms. The molecule has 0 unspecified atom stereocenters. The van der Waals surface area contributed by atoms with E-state index in [2.05, 4.69) is 4.99 Å². The summed E-state index contributed by atoms with van der Waals surface area (Å²) in [6, 6.07) is 7.98. The minimum atomic E-state index is -2.75. The monoisotopic (exact) mass is 233 g/mol. The first-order valence-electron chi connectivity index (χ1n) is 5.64. The zero-order valence-electron chi connectivity index (χ0n) is 10.0. The van der Waals surface area contributed by atoms with E-state index >= 15 is 0 Å². The summed E-state index contributed by atoms with van der Waals surface area (Å²) in [4.78, 5) is 4.25. The second kappa shape index (κ2) is 4.51. The fraction of sp³-hybridized carbons (Fsp3) is 0.385. The van der Waals surface area contributed by atoms with E-state index in [4.69, 9.17) is 0 Å². The molecule has 0 fully saturated rings. The van der Waals surface area contributed by atoms with E-state index in [-0.39, 0.29) is 12.0 Å². The van der Waals surface area contributed by atoms with Crippen LogP contribution in [0.15, 0.2) is 29.3 Å². The van der Waals surface area contributed by atoms with Crippen molar-refractivity contribution in [2.24, 2.45) is 4.99 Å². The number of rotatable bonds is 2. The van der Waals surface area contributed by atoms with Gasteiger partial charge < -0.3 is 0 Å². The molecule has 0 saturated carbocycles. The topological polar surface area (TPSA) is 12.4 Å². The number of nitrogens with zero attached hydrogens (tertiary/aromatic N) is 1. The normalized spacial score (nSPS) is 16.0. The van der Waals surface area contributed by atoms with Crippen LogP contribution in [-0.4, -0.2) is 30.6 Å². The predicted octanol–water partition coefficient (Wildman–Crippen LogP) is 2.75. The number of alkyl halides is 2. The molecule has 1 aliphatic rings. The molecule has 0 N–H and O–H groups in total. The van der Waals surface area contributed by atoms with Gasteiger partial charge in [0, 0.05) is 0 Å². The molecule has 0 atom stereocenters. The van der Waals surface area contributed by atoms with Crippen molar-refractivity contribution >= 4 is 18.1 Å². The third-order valence-corrected chi connectivity index (χ3v) is 2.93. The van der Waals surface area contributed by atoms with Gasteiger partial charge in [0.05, 0.1) is 0 Å². The molecule has 0 radical (unpaired) electrons. The predicted molar refractivity (Wildman–Crippen MR) is 68.8 cm³/mol. The van der Waals surface area contributed by atoms with Gasteiger partial charge in [-0.15, -0.1) is 0 Å². The van der Waals surface area contributed by atoms with Crippen molar-refractivity contribution in [1.82, 2.24) is 0 Å². The summed E-state index contributed by atoms with van der Waals surface area (Å²) < 4.78 is 26.1. The second-order valence-corrected chi connectivity index (χ2v) is 4.45. The van der Waals surface area contributed by atoms with Crippen LogP contribution in [0.3, 0.4) is 0 Å². The van der Waals surface area contributed by atoms with Gasteiger partial charge in [0.25, 0.3) is 0 Å². The summed E-state index contributed by atoms with van der Waals surface area (Å²) in [6.45, 7) is 4.64. The van der Waals surface area contributed by atoms with Gasteiger partial charge in [-0.1, -0.05) is 0 Å². The van der Waals surface area contributed by atoms with E-state index in [1.54, 1.807) is 6.92 Å². The summed E-state index contributed by atoms with van der Waals surface area (Å²) >= 11 is 0. The van der Waals surface area contributed by atoms with Crippen molar-refractivity contribution in [2.45, 2.75) is 26.1 Å². The Labute approximate surface area is 100 Å². The molecular weight excluding hydrogens is 219 g/mol. The Balaban J connectivity index is 2.14. The van der Waals surface area contributed by atoms with Crippen molar-refractivity contribution in [3.63, 3.8) is 0 Å². The van der Waals surface area contributed by atoms with Crippen LogP contribution in [0.2, 0.25) is 6.32 Å². The second-order valence-electron chi connectivity index (χ2n) is 4.45. The zero-order valence-corrected chi connectivity index (χ0v) is 10.0. The van der Waals surface area contributed by atoms with Gasteiger partial charge in [-0.2, -0.15) is 0 Å². The molecule has 0 spiro atoms. The molecule has 0 aliphatic carbocycles. The number of aryl methyl sites for hydroxylation is 1. The van der Waals surface area contributed by atoms with E-state index in [0.29, 0.717) is 6.32 Å². The molecule has 1 heterocycles. The van der Waals surface area contributed by atoms with Gasteiger partial charge in [-0.05, 0) is 0 Å². The number of hydrogen-bond donors (Lipinski definition) is 0. The summed E-state index contributed by atoms with van der Waals surface area (Å²) in [5.74, 6) is -2.75. The first-order valence-corrected chi connectivity index (χ1v) is 5.64. The molecule has 0 amide bonds. The Hall–Kier alpha value is -1.32. The molecule has 1 nitrogen and oxygen atoms in total. The van der Waals surface area contributed by atoms with E-state index < -0.39 is 5.92 Å². The Bertz CT molecular complexity index is 469. The molecule has 2 rings (SSSR count). The van der Waals surface area contributed by atoms with Crippen molar-refractivity contribution < 1.29 is 8.78 Å². The quantitative estimate of drug-likeness (QED) is 0.696. The Morgan fingerprint density at radius 3 is 2.35 bits per heavy atom. The molecule has 88 valence electrons. The van der Waals surface area contributed by atoms with Crippen molar-refractivity contribution in [3.05, 3.63) is 35.4 Å². The number of halogens is 2. The standard InChI is InChI=1S/C13H14BF2N/c1-9-3-5-10(6-4-9)11-7-14-12(8-17-11)13(2,15)16/h3-6H,7-8H2,1-2H3. The van der Waals surface area contributed by atoms with Crippen LogP contribution >= 0.6 is 0 Å². The van der Waals surface area contributed by atoms with Gasteiger partial charge in [0.15, 0.2) is 0 Å². The van der Waals surface area contributed by atoms with Crippen LogP contribution in [0.4, 0.5) is 8.78 Å². The molecular formula is C13H14BF2N. The molecule has 0 saturated heterocycles. The van der Waals surface area contributed by atoms with Gasteiger partial charge in [-0.3, -0.25) is 0 Å². The fourth-order valence-electron chi connectivity index (χ4n) is 1.80. The SMILES string of the molecule is Cc1ccc(C2=NCC(C(C)(F)F)=BC2)cc1. The van der Waals surface area contributed by atoms with E-state index in [1.165, 1.54) is 5.56 Å². The van der Waals surface area contributed by atoms with Crippen molar-refractivity contribution in [3.8, 4) is 0 Å². The average Bonchev–Trinajstić information content (AvgIpc) is 2.29. The maximum absolute atomic E-state index is 13.1. The Kier molecular flexibility index (Phi) is 3.23. The van der Waals surface area contributed by atoms with Crippen LogP contribution < -0.4 is 0 Å². The Morgan fingerprint density at radius 1 is 1.24 bits per heavy atom. The van der Waals surface area contributed by atoms with E-state index in [1.807, 2.05) is 31.2 Å². The molecule has 1 aliphatic heterocycles. The molecule has 0 aromatic heterocycles. The summed E-state index contributed by atoms with van der Waals surface area (Å²) in [7, 11) is 0. The van der Waals surface area contributed by atoms with Gasteiger partial charge in [0.1, 0.15) is 0 Å². The van der Waals surface area contributed by atoms with E-state index in [9.17, 15) is 8.78 Å². The van der Waals surface area contributed by atoms with Crippen molar-refractivity contribution in [2.75, 3.05) is 6.54 Å². The fourth-order valence-corrected chi connectivity index (χ4v) is 1.80. The molecule has 17 heavy (non-hydrogen) atoms. The van der Waals surface area contributed by atoms with Gasteiger partial charge >= 0.3 is 99.9 Å². The molecule has 0 bridgehead atoms. The first kappa shape index (κ1) is 12.2.